The van der Waals surface area contributed by atoms with Crippen LogP contribution < -0.4 is 0 Å². The fourth-order valence-electron chi connectivity index (χ4n) is 2.05. The van der Waals surface area contributed by atoms with E-state index >= 15 is 0 Å². The van der Waals surface area contributed by atoms with Crippen molar-refractivity contribution >= 4 is 0 Å². The Balaban J connectivity index is 3.21. The third-order valence-corrected chi connectivity index (χ3v) is 3.34. The Labute approximate surface area is 112 Å². The lowest BCUT2D eigenvalue weighted by molar-refractivity contribution is -1.21. The zero-order chi connectivity index (χ0) is 13.7. The Morgan fingerprint density at radius 1 is 0.722 bits per heavy atom. The summed E-state index contributed by atoms with van der Waals surface area (Å²) in [5, 5.41) is 11.6. The van der Waals surface area contributed by atoms with Crippen LogP contribution in [0.15, 0.2) is 0 Å². The molecule has 0 saturated carbocycles. The number of hydroxylamine groups is 3. The minimum absolute atomic E-state index is 0.378. The molecule has 0 radical (unpaired) electrons. The van der Waals surface area contributed by atoms with Crippen LogP contribution in [0.3, 0.4) is 0 Å². The summed E-state index contributed by atoms with van der Waals surface area (Å²) in [5.41, 5.74) is 0. The molecule has 0 aliphatic carbocycles. The first-order valence-electron chi connectivity index (χ1n) is 7.39. The molecule has 0 bridgehead atoms. The van der Waals surface area contributed by atoms with Crippen molar-refractivity contribution in [3.8, 4) is 0 Å². The molecule has 0 atom stereocenters. The minimum Gasteiger partial charge on any atom is -0.564 e. The number of unbranched alkanes of at least 4 members (excludes halogenated alkanes) is 9. The third-order valence-electron chi connectivity index (χ3n) is 3.34. The van der Waals surface area contributed by atoms with Crippen LogP contribution in [0.1, 0.15) is 71.1 Å². The fourth-order valence-corrected chi connectivity index (χ4v) is 2.05. The van der Waals surface area contributed by atoms with E-state index in [1.165, 1.54) is 65.6 Å². The molecule has 18 heavy (non-hydrogen) atoms. The van der Waals surface area contributed by atoms with Crippen LogP contribution in [0, 0.1) is 5.21 Å². The van der Waals surface area contributed by atoms with Gasteiger partial charge in [0.2, 0.25) is 0 Å². The van der Waals surface area contributed by atoms with Crippen molar-refractivity contribution in [1.82, 2.24) is 0 Å². The van der Waals surface area contributed by atoms with Gasteiger partial charge in [0.05, 0.1) is 0 Å². The number of rotatable bonds is 13. The van der Waals surface area contributed by atoms with Crippen molar-refractivity contribution in [1.29, 1.82) is 0 Å². The van der Waals surface area contributed by atoms with E-state index < -0.39 is 4.97 Å². The summed E-state index contributed by atoms with van der Waals surface area (Å²) in [7, 11) is 2.76. The van der Waals surface area contributed by atoms with Crippen molar-refractivity contribution < 1.29 is 14.6 Å². The normalized spacial score (nSPS) is 12.0. The molecule has 0 aromatic heterocycles. The van der Waals surface area contributed by atoms with E-state index in [0.29, 0.717) is 6.54 Å². The summed E-state index contributed by atoms with van der Waals surface area (Å²) in [6.07, 6.45) is 12.6. The molecular formula is C14H31NO3. The number of hydrogen-bond donors (Lipinski definition) is 0. The molecule has 0 N–H and O–H groups in total. The second-order valence-corrected chi connectivity index (χ2v) is 4.88. The lowest BCUT2D eigenvalue weighted by atomic mass is 10.1. The molecule has 110 valence electrons. The lowest BCUT2D eigenvalue weighted by Crippen LogP contribution is -2.40. The summed E-state index contributed by atoms with van der Waals surface area (Å²) in [6, 6.07) is 0. The molecule has 4 heteroatoms. The van der Waals surface area contributed by atoms with Crippen LogP contribution >= 0.6 is 0 Å². The van der Waals surface area contributed by atoms with Gasteiger partial charge in [0.1, 0.15) is 20.8 Å². The summed E-state index contributed by atoms with van der Waals surface area (Å²) < 4.78 is 0. The van der Waals surface area contributed by atoms with Gasteiger partial charge in [0.15, 0.2) is 0 Å². The monoisotopic (exact) mass is 261 g/mol. The first-order chi connectivity index (χ1) is 8.68. The largest absolute Gasteiger partial charge is 0.564 e. The van der Waals surface area contributed by atoms with E-state index in [0.717, 1.165) is 12.8 Å². The van der Waals surface area contributed by atoms with E-state index in [-0.39, 0.29) is 0 Å². The van der Waals surface area contributed by atoms with Crippen molar-refractivity contribution in [2.45, 2.75) is 71.1 Å². The summed E-state index contributed by atoms with van der Waals surface area (Å²) in [4.78, 5) is 8.47. The lowest BCUT2D eigenvalue weighted by Gasteiger charge is -2.32. The van der Waals surface area contributed by atoms with E-state index in [9.17, 15) is 5.21 Å². The van der Waals surface area contributed by atoms with Crippen LogP contribution in [0.4, 0.5) is 0 Å². The molecule has 0 aliphatic rings. The van der Waals surface area contributed by atoms with Gasteiger partial charge in [-0.1, -0.05) is 63.3 Å². The molecule has 0 amide bonds. The maximum atomic E-state index is 11.6. The molecule has 0 aromatic carbocycles. The Hall–Kier alpha value is -0.160. The molecular weight excluding hydrogens is 230 g/mol. The first kappa shape index (κ1) is 17.8. The van der Waals surface area contributed by atoms with Crippen LogP contribution in [-0.2, 0) is 9.68 Å². The Kier molecular flexibility index (Phi) is 11.8. The molecule has 0 heterocycles. The Bertz CT molecular complexity index is 172. The Morgan fingerprint density at radius 2 is 1.11 bits per heavy atom. The topological polar surface area (TPSA) is 41.5 Å². The third kappa shape index (κ3) is 9.83. The summed E-state index contributed by atoms with van der Waals surface area (Å²) in [6.45, 7) is 2.62. The maximum absolute atomic E-state index is 11.6. The molecule has 0 aliphatic heterocycles. The molecule has 0 aromatic rings. The average Bonchev–Trinajstić information content (AvgIpc) is 2.40. The maximum Gasteiger partial charge on any atom is 0.142 e. The molecule has 0 spiro atoms. The Morgan fingerprint density at radius 3 is 1.50 bits per heavy atom. The molecule has 0 saturated heterocycles. The van der Waals surface area contributed by atoms with Crippen molar-refractivity contribution in [3.63, 3.8) is 0 Å². The van der Waals surface area contributed by atoms with Crippen molar-refractivity contribution in [2.75, 3.05) is 20.8 Å². The van der Waals surface area contributed by atoms with E-state index in [4.69, 9.17) is 9.68 Å². The summed E-state index contributed by atoms with van der Waals surface area (Å²) in [5.74, 6) is 0. The first-order valence-corrected chi connectivity index (χ1v) is 7.39. The van der Waals surface area contributed by atoms with Gasteiger partial charge in [0, 0.05) is 6.42 Å². The van der Waals surface area contributed by atoms with Crippen LogP contribution in [-0.4, -0.2) is 25.7 Å². The standard InChI is InChI=1S/C14H31NO3/c1-4-5-6-7-8-9-10-11-12-13-14-15(16,17-2)18-3/h4-14H2,1-3H3. The SMILES string of the molecule is CCCCCCCCCCCC[N+]([O-])(OC)OC. The fraction of sp³-hybridized carbons (Fsp3) is 1.00. The molecule has 0 unspecified atom stereocenters. The number of nitrogens with zero attached hydrogens (tertiary/aromatic N) is 1. The van der Waals surface area contributed by atoms with Gasteiger partial charge in [-0.05, 0) is 6.42 Å². The molecule has 0 fully saturated rings. The predicted octanol–water partition coefficient (Wildman–Crippen LogP) is 4.34. The zero-order valence-corrected chi connectivity index (χ0v) is 12.5. The van der Waals surface area contributed by atoms with Crippen LogP contribution in [0.25, 0.3) is 0 Å². The van der Waals surface area contributed by atoms with E-state index in [2.05, 4.69) is 6.92 Å². The highest BCUT2D eigenvalue weighted by Gasteiger charge is 2.15. The van der Waals surface area contributed by atoms with Crippen LogP contribution in [0.2, 0.25) is 0 Å². The quantitative estimate of drug-likeness (QED) is 0.281. The van der Waals surface area contributed by atoms with Gasteiger partial charge in [-0.25, -0.2) is 0 Å². The molecule has 4 nitrogen and oxygen atoms in total. The van der Waals surface area contributed by atoms with Gasteiger partial charge in [-0.2, -0.15) is 9.68 Å². The smallest absolute Gasteiger partial charge is 0.142 e. The summed E-state index contributed by atoms with van der Waals surface area (Å²) >= 11 is 0. The second kappa shape index (κ2) is 11.9. The van der Waals surface area contributed by atoms with Crippen molar-refractivity contribution in [2.24, 2.45) is 0 Å². The van der Waals surface area contributed by atoms with Gasteiger partial charge in [-0.3, -0.25) is 0 Å². The zero-order valence-electron chi connectivity index (χ0n) is 12.5. The number of hydrogen-bond acceptors (Lipinski definition) is 3. The number of quaternary nitrogens is 1. The molecule has 0 rings (SSSR count). The minimum atomic E-state index is -0.989. The predicted molar refractivity (Wildman–Crippen MR) is 74.4 cm³/mol. The van der Waals surface area contributed by atoms with E-state index in [1.54, 1.807) is 0 Å². The van der Waals surface area contributed by atoms with Gasteiger partial charge in [-0.15, -0.1) is 0 Å². The second-order valence-electron chi connectivity index (χ2n) is 4.88. The highest BCUT2D eigenvalue weighted by molar-refractivity contribution is 4.47. The average molecular weight is 261 g/mol. The van der Waals surface area contributed by atoms with Gasteiger partial charge < -0.3 is 5.21 Å². The van der Waals surface area contributed by atoms with Crippen molar-refractivity contribution in [3.05, 3.63) is 5.21 Å². The highest BCUT2D eigenvalue weighted by atomic mass is 17.2. The van der Waals surface area contributed by atoms with E-state index in [1.807, 2.05) is 0 Å². The van der Waals surface area contributed by atoms with Gasteiger partial charge >= 0.3 is 0 Å². The van der Waals surface area contributed by atoms with Crippen LogP contribution in [0.5, 0.6) is 0 Å². The highest BCUT2D eigenvalue weighted by Crippen LogP contribution is 2.12. The van der Waals surface area contributed by atoms with Gasteiger partial charge in [0.25, 0.3) is 0 Å².